The largest absolute Gasteiger partial charge is 0.506 e. The molecule has 1 aromatic rings. The number of phenols is 1. The van der Waals surface area contributed by atoms with E-state index in [4.69, 9.17) is 10.5 Å². The number of hydrogen-bond donors (Lipinski definition) is 2. The summed E-state index contributed by atoms with van der Waals surface area (Å²) in [6, 6.07) is 3.21. The van der Waals surface area contributed by atoms with Gasteiger partial charge in [-0.05, 0) is 35.0 Å². The van der Waals surface area contributed by atoms with Crippen molar-refractivity contribution in [3.63, 3.8) is 0 Å². The van der Waals surface area contributed by atoms with Crippen LogP contribution in [0.2, 0.25) is 0 Å². The van der Waals surface area contributed by atoms with Crippen LogP contribution in [-0.4, -0.2) is 12.2 Å². The predicted molar refractivity (Wildman–Crippen MR) is 55.0 cm³/mol. The fourth-order valence-electron chi connectivity index (χ4n) is 1.06. The van der Waals surface area contributed by atoms with Crippen LogP contribution < -0.4 is 10.5 Å². The van der Waals surface area contributed by atoms with Crippen molar-refractivity contribution in [3.8, 4) is 11.5 Å². The van der Waals surface area contributed by atoms with Crippen LogP contribution in [0.25, 0.3) is 0 Å². The van der Waals surface area contributed by atoms with Gasteiger partial charge in [-0.2, -0.15) is 0 Å². The zero-order valence-corrected chi connectivity index (χ0v) is 9.13. The number of rotatable bonds is 2. The monoisotopic (exact) mass is 245 g/mol. The zero-order chi connectivity index (χ0) is 10.0. The second-order valence-corrected chi connectivity index (χ2v) is 3.69. The summed E-state index contributed by atoms with van der Waals surface area (Å²) >= 11 is 3.22. The first-order valence-electron chi connectivity index (χ1n) is 3.88. The minimum atomic E-state index is -0.216. The lowest BCUT2D eigenvalue weighted by Gasteiger charge is -2.11. The Hall–Kier alpha value is -0.740. The summed E-state index contributed by atoms with van der Waals surface area (Å²) < 4.78 is 5.64. The molecule has 0 aliphatic carbocycles. The first-order chi connectivity index (χ1) is 6.06. The SMILES string of the molecule is COc1cc(Br)c(O)c(C(C)N)c1. The lowest BCUT2D eigenvalue weighted by Crippen LogP contribution is -2.05. The van der Waals surface area contributed by atoms with Gasteiger partial charge in [-0.15, -0.1) is 0 Å². The van der Waals surface area contributed by atoms with E-state index in [1.165, 1.54) is 0 Å². The van der Waals surface area contributed by atoms with Crippen LogP contribution in [0.1, 0.15) is 18.5 Å². The molecule has 0 bridgehead atoms. The molecule has 0 saturated heterocycles. The third-order valence-corrected chi connectivity index (χ3v) is 2.40. The van der Waals surface area contributed by atoms with Gasteiger partial charge in [0, 0.05) is 11.6 Å². The molecule has 0 radical (unpaired) electrons. The molecule has 0 fully saturated rings. The van der Waals surface area contributed by atoms with E-state index in [0.717, 1.165) is 0 Å². The number of halogens is 1. The molecule has 0 aromatic heterocycles. The summed E-state index contributed by atoms with van der Waals surface area (Å²) in [6.07, 6.45) is 0. The summed E-state index contributed by atoms with van der Waals surface area (Å²) in [5.41, 5.74) is 6.34. The molecule has 1 unspecified atom stereocenters. The molecule has 0 spiro atoms. The third-order valence-electron chi connectivity index (χ3n) is 1.79. The lowest BCUT2D eigenvalue weighted by molar-refractivity contribution is 0.409. The number of phenolic OH excluding ortho intramolecular Hbond substituents is 1. The molecule has 0 aliphatic heterocycles. The maximum atomic E-state index is 9.61. The van der Waals surface area contributed by atoms with E-state index in [1.807, 2.05) is 0 Å². The standard InChI is InChI=1S/C9H12BrNO2/c1-5(11)7-3-6(13-2)4-8(10)9(7)12/h3-5,12H,11H2,1-2H3. The summed E-state index contributed by atoms with van der Waals surface area (Å²) in [6.45, 7) is 1.81. The van der Waals surface area contributed by atoms with Crippen LogP contribution in [0.4, 0.5) is 0 Å². The van der Waals surface area contributed by atoms with Gasteiger partial charge in [-0.25, -0.2) is 0 Å². The van der Waals surface area contributed by atoms with Crippen LogP contribution in [0.5, 0.6) is 11.5 Å². The van der Waals surface area contributed by atoms with Crippen LogP contribution in [0.3, 0.4) is 0 Å². The molecule has 4 heteroatoms. The van der Waals surface area contributed by atoms with E-state index < -0.39 is 0 Å². The maximum absolute atomic E-state index is 9.61. The fourth-order valence-corrected chi connectivity index (χ4v) is 1.51. The van der Waals surface area contributed by atoms with E-state index >= 15 is 0 Å². The van der Waals surface area contributed by atoms with Crippen molar-refractivity contribution >= 4 is 15.9 Å². The van der Waals surface area contributed by atoms with Gasteiger partial charge in [0.15, 0.2) is 0 Å². The van der Waals surface area contributed by atoms with E-state index in [2.05, 4.69) is 15.9 Å². The molecule has 72 valence electrons. The summed E-state index contributed by atoms with van der Waals surface area (Å²) in [5, 5.41) is 9.61. The minimum absolute atomic E-state index is 0.177. The van der Waals surface area contributed by atoms with Crippen molar-refractivity contribution in [2.24, 2.45) is 5.73 Å². The first-order valence-corrected chi connectivity index (χ1v) is 4.67. The molecular weight excluding hydrogens is 234 g/mol. The number of hydrogen-bond acceptors (Lipinski definition) is 3. The highest BCUT2D eigenvalue weighted by Crippen LogP contribution is 2.35. The summed E-state index contributed by atoms with van der Waals surface area (Å²) in [4.78, 5) is 0. The Kier molecular flexibility index (Phi) is 3.17. The molecule has 3 N–H and O–H groups in total. The van der Waals surface area contributed by atoms with Gasteiger partial charge in [-0.1, -0.05) is 0 Å². The van der Waals surface area contributed by atoms with Gasteiger partial charge in [0.25, 0.3) is 0 Å². The second kappa shape index (κ2) is 3.98. The molecule has 0 heterocycles. The average Bonchev–Trinajstić information content (AvgIpc) is 2.09. The van der Waals surface area contributed by atoms with Crippen molar-refractivity contribution < 1.29 is 9.84 Å². The average molecular weight is 246 g/mol. The van der Waals surface area contributed by atoms with Gasteiger partial charge in [-0.3, -0.25) is 0 Å². The van der Waals surface area contributed by atoms with E-state index in [1.54, 1.807) is 26.2 Å². The number of methoxy groups -OCH3 is 1. The molecule has 1 rings (SSSR count). The molecule has 3 nitrogen and oxygen atoms in total. The molecule has 0 aliphatic rings. The Morgan fingerprint density at radius 3 is 2.62 bits per heavy atom. The highest BCUT2D eigenvalue weighted by Gasteiger charge is 2.11. The molecular formula is C9H12BrNO2. The Morgan fingerprint density at radius 2 is 2.15 bits per heavy atom. The minimum Gasteiger partial charge on any atom is -0.506 e. The number of aromatic hydroxyl groups is 1. The van der Waals surface area contributed by atoms with E-state index in [-0.39, 0.29) is 11.8 Å². The fraction of sp³-hybridized carbons (Fsp3) is 0.333. The van der Waals surface area contributed by atoms with Crippen LogP contribution >= 0.6 is 15.9 Å². The van der Waals surface area contributed by atoms with E-state index in [9.17, 15) is 5.11 Å². The van der Waals surface area contributed by atoms with Crippen molar-refractivity contribution in [2.45, 2.75) is 13.0 Å². The maximum Gasteiger partial charge on any atom is 0.134 e. The van der Waals surface area contributed by atoms with Crippen LogP contribution in [-0.2, 0) is 0 Å². The second-order valence-electron chi connectivity index (χ2n) is 2.84. The van der Waals surface area contributed by atoms with Gasteiger partial charge in [0.1, 0.15) is 11.5 Å². The highest BCUT2D eigenvalue weighted by atomic mass is 79.9. The van der Waals surface area contributed by atoms with Crippen molar-refractivity contribution in [1.29, 1.82) is 0 Å². The first kappa shape index (κ1) is 10.3. The van der Waals surface area contributed by atoms with Crippen LogP contribution in [0, 0.1) is 0 Å². The van der Waals surface area contributed by atoms with Crippen molar-refractivity contribution in [2.75, 3.05) is 7.11 Å². The summed E-state index contributed by atoms with van der Waals surface area (Å²) in [5.74, 6) is 0.854. The van der Waals surface area contributed by atoms with E-state index in [0.29, 0.717) is 15.8 Å². The van der Waals surface area contributed by atoms with Gasteiger partial charge < -0.3 is 15.6 Å². The number of ether oxygens (including phenoxy) is 1. The molecule has 1 aromatic carbocycles. The smallest absolute Gasteiger partial charge is 0.134 e. The molecule has 13 heavy (non-hydrogen) atoms. The topological polar surface area (TPSA) is 55.5 Å². The normalized spacial score (nSPS) is 12.6. The Balaban J connectivity index is 3.25. The summed E-state index contributed by atoms with van der Waals surface area (Å²) in [7, 11) is 1.57. The van der Waals surface area contributed by atoms with Gasteiger partial charge in [0.2, 0.25) is 0 Å². The van der Waals surface area contributed by atoms with Gasteiger partial charge in [0.05, 0.1) is 11.6 Å². The third kappa shape index (κ3) is 2.14. The lowest BCUT2D eigenvalue weighted by atomic mass is 10.1. The molecule has 0 saturated carbocycles. The molecule has 1 atom stereocenters. The Labute approximate surface area is 85.6 Å². The number of nitrogens with two attached hydrogens (primary N) is 1. The quantitative estimate of drug-likeness (QED) is 0.840. The Morgan fingerprint density at radius 1 is 1.54 bits per heavy atom. The van der Waals surface area contributed by atoms with Crippen molar-refractivity contribution in [3.05, 3.63) is 22.2 Å². The predicted octanol–water partition coefficient (Wildman–Crippen LogP) is 2.18. The van der Waals surface area contributed by atoms with Gasteiger partial charge >= 0.3 is 0 Å². The Bertz CT molecular complexity index is 313. The van der Waals surface area contributed by atoms with Crippen LogP contribution in [0.15, 0.2) is 16.6 Å². The zero-order valence-electron chi connectivity index (χ0n) is 7.54. The highest BCUT2D eigenvalue weighted by molar-refractivity contribution is 9.10. The molecule has 0 amide bonds. The van der Waals surface area contributed by atoms with Crippen molar-refractivity contribution in [1.82, 2.24) is 0 Å². The number of benzene rings is 1.